The Hall–Kier alpha value is -1.33. The lowest BCUT2D eigenvalue weighted by atomic mass is 10.3. The normalized spacial score (nSPS) is 10.6. The molecule has 0 saturated carbocycles. The first-order valence-electron chi connectivity index (χ1n) is 5.71. The van der Waals surface area contributed by atoms with Crippen LogP contribution in [0, 0.1) is 6.92 Å². The molecule has 0 saturated heterocycles. The third kappa shape index (κ3) is 2.91. The third-order valence-corrected chi connectivity index (χ3v) is 3.84. The van der Waals surface area contributed by atoms with E-state index in [1.54, 1.807) is 11.3 Å². The smallest absolute Gasteiger partial charge is 0.135 e. The first-order valence-corrected chi connectivity index (χ1v) is 6.90. The monoisotopic (exact) mass is 282 g/mol. The van der Waals surface area contributed by atoms with Gasteiger partial charge in [-0.15, -0.1) is 11.3 Å². The van der Waals surface area contributed by atoms with E-state index in [2.05, 4.69) is 15.3 Å². The first-order chi connectivity index (χ1) is 8.60. The van der Waals surface area contributed by atoms with Crippen molar-refractivity contribution in [3.8, 4) is 0 Å². The predicted molar refractivity (Wildman–Crippen MR) is 77.2 cm³/mol. The second-order valence-electron chi connectivity index (χ2n) is 3.91. The highest BCUT2D eigenvalue weighted by atomic mass is 35.5. The average Bonchev–Trinajstić information content (AvgIpc) is 2.77. The second kappa shape index (κ2) is 5.54. The minimum absolute atomic E-state index is 0.536. The zero-order chi connectivity index (χ0) is 13.1. The summed E-state index contributed by atoms with van der Waals surface area (Å²) in [5.74, 6) is 2.09. The van der Waals surface area contributed by atoms with Crippen LogP contribution in [0.4, 0.5) is 11.6 Å². The van der Waals surface area contributed by atoms with Crippen LogP contribution >= 0.6 is 22.9 Å². The lowest BCUT2D eigenvalue weighted by Crippen LogP contribution is -2.08. The molecule has 0 aliphatic carbocycles. The number of nitrogen functional groups attached to an aromatic ring is 1. The lowest BCUT2D eigenvalue weighted by molar-refractivity contribution is 0.930. The van der Waals surface area contributed by atoms with Crippen molar-refractivity contribution in [2.45, 2.75) is 26.8 Å². The summed E-state index contributed by atoms with van der Waals surface area (Å²) in [5, 5.41) is 3.28. The van der Waals surface area contributed by atoms with Crippen LogP contribution in [0.1, 0.15) is 23.2 Å². The van der Waals surface area contributed by atoms with Gasteiger partial charge in [-0.25, -0.2) is 9.97 Å². The highest BCUT2D eigenvalue weighted by Gasteiger charge is 2.08. The van der Waals surface area contributed by atoms with E-state index in [-0.39, 0.29) is 0 Å². The fraction of sp³-hybridized carbons (Fsp3) is 0.333. The highest BCUT2D eigenvalue weighted by molar-refractivity contribution is 7.16. The van der Waals surface area contributed by atoms with Gasteiger partial charge in [0.1, 0.15) is 17.5 Å². The van der Waals surface area contributed by atoms with Crippen molar-refractivity contribution in [2.24, 2.45) is 0 Å². The molecule has 6 heteroatoms. The molecule has 2 rings (SSSR count). The average molecular weight is 283 g/mol. The van der Waals surface area contributed by atoms with Gasteiger partial charge in [0.2, 0.25) is 0 Å². The minimum atomic E-state index is 0.536. The fourth-order valence-electron chi connectivity index (χ4n) is 1.53. The van der Waals surface area contributed by atoms with E-state index in [0.717, 1.165) is 32.8 Å². The number of aromatic nitrogens is 2. The van der Waals surface area contributed by atoms with Gasteiger partial charge in [0, 0.05) is 16.9 Å². The van der Waals surface area contributed by atoms with E-state index in [1.165, 1.54) is 0 Å². The number of nitrogens with one attached hydrogen (secondary N) is 1. The maximum Gasteiger partial charge on any atom is 0.135 e. The summed E-state index contributed by atoms with van der Waals surface area (Å²) in [4.78, 5) is 9.82. The summed E-state index contributed by atoms with van der Waals surface area (Å²) in [7, 11) is 0. The highest BCUT2D eigenvalue weighted by Crippen LogP contribution is 2.23. The molecule has 2 aromatic heterocycles. The SMILES string of the molecule is CCc1nc(N)c(C)c(NCc2ccc(Cl)s2)n1. The maximum absolute atomic E-state index is 5.89. The Morgan fingerprint density at radius 1 is 1.39 bits per heavy atom. The molecule has 0 aliphatic heterocycles. The van der Waals surface area contributed by atoms with Gasteiger partial charge >= 0.3 is 0 Å². The topological polar surface area (TPSA) is 63.8 Å². The molecule has 4 nitrogen and oxygen atoms in total. The molecule has 0 atom stereocenters. The Morgan fingerprint density at radius 2 is 2.17 bits per heavy atom. The summed E-state index contributed by atoms with van der Waals surface area (Å²) >= 11 is 7.45. The Kier molecular flexibility index (Phi) is 4.04. The summed E-state index contributed by atoms with van der Waals surface area (Å²) < 4.78 is 0.792. The Balaban J connectivity index is 2.15. The van der Waals surface area contributed by atoms with Crippen LogP contribution in [0.2, 0.25) is 4.34 Å². The van der Waals surface area contributed by atoms with E-state index in [1.807, 2.05) is 26.0 Å². The van der Waals surface area contributed by atoms with Gasteiger partial charge in [-0.3, -0.25) is 0 Å². The molecule has 0 aromatic carbocycles. The summed E-state index contributed by atoms with van der Waals surface area (Å²) in [6.45, 7) is 4.61. The molecule has 0 bridgehead atoms. The molecule has 0 amide bonds. The van der Waals surface area contributed by atoms with E-state index in [9.17, 15) is 0 Å². The first kappa shape index (κ1) is 13.1. The van der Waals surface area contributed by atoms with Gasteiger partial charge in [-0.2, -0.15) is 0 Å². The largest absolute Gasteiger partial charge is 0.383 e. The molecule has 2 heterocycles. The number of hydrogen-bond donors (Lipinski definition) is 2. The number of aryl methyl sites for hydroxylation is 1. The number of nitrogens with two attached hydrogens (primary N) is 1. The summed E-state index contributed by atoms with van der Waals surface area (Å²) in [6, 6.07) is 3.89. The van der Waals surface area contributed by atoms with E-state index in [4.69, 9.17) is 17.3 Å². The van der Waals surface area contributed by atoms with Crippen molar-refractivity contribution >= 4 is 34.6 Å². The molecular formula is C12H15ClN4S. The molecule has 0 unspecified atom stereocenters. The van der Waals surface area contributed by atoms with Crippen molar-refractivity contribution in [1.82, 2.24) is 9.97 Å². The number of hydrogen-bond acceptors (Lipinski definition) is 5. The standard InChI is InChI=1S/C12H15ClN4S/c1-3-10-16-11(14)7(2)12(17-10)15-6-8-4-5-9(13)18-8/h4-5H,3,6H2,1-2H3,(H3,14,15,16,17). The van der Waals surface area contributed by atoms with Gasteiger partial charge in [-0.1, -0.05) is 18.5 Å². The van der Waals surface area contributed by atoms with Gasteiger partial charge in [0.25, 0.3) is 0 Å². The lowest BCUT2D eigenvalue weighted by Gasteiger charge is -2.10. The van der Waals surface area contributed by atoms with Gasteiger partial charge in [-0.05, 0) is 19.1 Å². The van der Waals surface area contributed by atoms with Gasteiger partial charge < -0.3 is 11.1 Å². The third-order valence-electron chi connectivity index (χ3n) is 2.60. The zero-order valence-electron chi connectivity index (χ0n) is 10.3. The fourth-order valence-corrected chi connectivity index (χ4v) is 2.56. The van der Waals surface area contributed by atoms with Gasteiger partial charge in [0.15, 0.2) is 0 Å². The number of nitrogens with zero attached hydrogens (tertiary/aromatic N) is 2. The number of halogens is 1. The minimum Gasteiger partial charge on any atom is -0.383 e. The van der Waals surface area contributed by atoms with Crippen LogP contribution < -0.4 is 11.1 Å². The van der Waals surface area contributed by atoms with Crippen LogP contribution in [-0.4, -0.2) is 9.97 Å². The van der Waals surface area contributed by atoms with E-state index in [0.29, 0.717) is 12.4 Å². The molecule has 3 N–H and O–H groups in total. The van der Waals surface area contributed by atoms with Crippen LogP contribution in [0.5, 0.6) is 0 Å². The van der Waals surface area contributed by atoms with Crippen molar-refractivity contribution in [2.75, 3.05) is 11.1 Å². The van der Waals surface area contributed by atoms with Crippen LogP contribution in [0.15, 0.2) is 12.1 Å². The Bertz CT molecular complexity index is 553. The molecule has 0 spiro atoms. The van der Waals surface area contributed by atoms with Crippen molar-refractivity contribution in [3.63, 3.8) is 0 Å². The van der Waals surface area contributed by atoms with E-state index >= 15 is 0 Å². The molecule has 18 heavy (non-hydrogen) atoms. The molecule has 0 radical (unpaired) electrons. The second-order valence-corrected chi connectivity index (χ2v) is 5.71. The molecule has 0 aliphatic rings. The molecule has 2 aromatic rings. The summed E-state index contributed by atoms with van der Waals surface area (Å²) in [5.41, 5.74) is 6.74. The maximum atomic E-state index is 5.89. The number of rotatable bonds is 4. The van der Waals surface area contributed by atoms with Crippen LogP contribution in [0.25, 0.3) is 0 Å². The summed E-state index contributed by atoms with van der Waals surface area (Å²) in [6.07, 6.45) is 0.768. The van der Waals surface area contributed by atoms with Gasteiger partial charge in [0.05, 0.1) is 10.9 Å². The Morgan fingerprint density at radius 3 is 2.78 bits per heavy atom. The number of thiophene rings is 1. The predicted octanol–water partition coefficient (Wildman–Crippen LogP) is 3.26. The zero-order valence-corrected chi connectivity index (χ0v) is 11.9. The van der Waals surface area contributed by atoms with E-state index < -0.39 is 0 Å². The van der Waals surface area contributed by atoms with Crippen molar-refractivity contribution in [1.29, 1.82) is 0 Å². The van der Waals surface area contributed by atoms with Crippen molar-refractivity contribution in [3.05, 3.63) is 32.7 Å². The molecular weight excluding hydrogens is 268 g/mol. The van der Waals surface area contributed by atoms with Crippen LogP contribution in [0.3, 0.4) is 0 Å². The van der Waals surface area contributed by atoms with Crippen LogP contribution in [-0.2, 0) is 13.0 Å². The van der Waals surface area contributed by atoms with Crippen molar-refractivity contribution < 1.29 is 0 Å². The molecule has 0 fully saturated rings. The molecule has 96 valence electrons. The number of anilines is 2. The Labute approximate surface area is 115 Å². The quantitative estimate of drug-likeness (QED) is 0.903.